The molecule has 2 aliphatic heterocycles. The molecule has 3 heteroatoms. The quantitative estimate of drug-likeness (QED) is 0.633. The van der Waals surface area contributed by atoms with Crippen molar-refractivity contribution >= 4 is 0 Å². The first-order valence-corrected chi connectivity index (χ1v) is 11.7. The first-order chi connectivity index (χ1) is 12.8. The van der Waals surface area contributed by atoms with Crippen LogP contribution in [0.15, 0.2) is 0 Å². The summed E-state index contributed by atoms with van der Waals surface area (Å²) < 4.78 is 11.8. The van der Waals surface area contributed by atoms with E-state index >= 15 is 0 Å². The lowest BCUT2D eigenvalue weighted by Crippen LogP contribution is -2.35. The van der Waals surface area contributed by atoms with Crippen molar-refractivity contribution in [3.8, 4) is 0 Å². The van der Waals surface area contributed by atoms with Crippen molar-refractivity contribution in [2.24, 2.45) is 17.3 Å². The molecule has 0 bridgehead atoms. The number of rotatable bonds is 7. The van der Waals surface area contributed by atoms with Gasteiger partial charge in [0.05, 0.1) is 12.7 Å². The van der Waals surface area contributed by atoms with Crippen LogP contribution in [0.4, 0.5) is 0 Å². The predicted octanol–water partition coefficient (Wildman–Crippen LogP) is 5.03. The van der Waals surface area contributed by atoms with Gasteiger partial charge in [0.1, 0.15) is 0 Å². The third-order valence-electron chi connectivity index (χ3n) is 8.13. The van der Waals surface area contributed by atoms with E-state index in [1.165, 1.54) is 96.6 Å². The molecule has 3 nitrogen and oxygen atoms in total. The maximum Gasteiger partial charge on any atom is 0.0597 e. The normalized spacial score (nSPS) is 39.0. The first-order valence-electron chi connectivity index (χ1n) is 11.7. The maximum absolute atomic E-state index is 6.24. The molecule has 1 spiro atoms. The number of likely N-dealkylation sites (tertiary alicyclic amines) is 1. The molecule has 2 heterocycles. The highest BCUT2D eigenvalue weighted by atomic mass is 16.5. The van der Waals surface area contributed by atoms with Gasteiger partial charge in [-0.3, -0.25) is 0 Å². The molecule has 2 saturated heterocycles. The zero-order chi connectivity index (χ0) is 17.7. The van der Waals surface area contributed by atoms with E-state index in [1.54, 1.807) is 0 Å². The number of hydrogen-bond donors (Lipinski definition) is 0. The number of nitrogens with zero attached hydrogens (tertiary/aromatic N) is 1. The van der Waals surface area contributed by atoms with Crippen molar-refractivity contribution in [3.05, 3.63) is 0 Å². The van der Waals surface area contributed by atoms with Crippen LogP contribution in [0.2, 0.25) is 0 Å². The molecule has 0 amide bonds. The fourth-order valence-corrected chi connectivity index (χ4v) is 6.09. The number of hydrogen-bond acceptors (Lipinski definition) is 3. The summed E-state index contributed by atoms with van der Waals surface area (Å²) in [6, 6.07) is 0. The average Bonchev–Trinajstić information content (AvgIpc) is 3.37. The van der Waals surface area contributed by atoms with Crippen molar-refractivity contribution in [2.45, 2.75) is 89.6 Å². The van der Waals surface area contributed by atoms with Gasteiger partial charge >= 0.3 is 0 Å². The van der Waals surface area contributed by atoms with Gasteiger partial charge in [0.2, 0.25) is 0 Å². The Morgan fingerprint density at radius 1 is 0.846 bits per heavy atom. The van der Waals surface area contributed by atoms with Gasteiger partial charge in [0, 0.05) is 19.8 Å². The molecule has 4 rings (SSSR count). The molecule has 0 radical (unpaired) electrons. The molecule has 2 saturated carbocycles. The lowest BCUT2D eigenvalue weighted by molar-refractivity contribution is -0.0238. The largest absolute Gasteiger partial charge is 0.381 e. The molecule has 0 aromatic carbocycles. The summed E-state index contributed by atoms with van der Waals surface area (Å²) in [5, 5.41) is 0. The third-order valence-corrected chi connectivity index (χ3v) is 8.13. The summed E-state index contributed by atoms with van der Waals surface area (Å²) in [6.45, 7) is 6.77. The van der Waals surface area contributed by atoms with Gasteiger partial charge < -0.3 is 14.4 Å². The molecule has 1 atom stereocenters. The van der Waals surface area contributed by atoms with Crippen LogP contribution in [-0.2, 0) is 9.47 Å². The van der Waals surface area contributed by atoms with Crippen LogP contribution < -0.4 is 0 Å². The molecule has 2 aliphatic carbocycles. The van der Waals surface area contributed by atoms with Crippen LogP contribution >= 0.6 is 0 Å². The van der Waals surface area contributed by atoms with Gasteiger partial charge in [-0.25, -0.2) is 0 Å². The lowest BCUT2D eigenvalue weighted by atomic mass is 9.62. The van der Waals surface area contributed by atoms with E-state index in [2.05, 4.69) is 4.90 Å². The van der Waals surface area contributed by atoms with Crippen LogP contribution in [0.3, 0.4) is 0 Å². The first kappa shape index (κ1) is 19.2. The maximum atomic E-state index is 6.24. The van der Waals surface area contributed by atoms with Crippen LogP contribution in [0.1, 0.15) is 83.5 Å². The van der Waals surface area contributed by atoms with Crippen molar-refractivity contribution < 1.29 is 9.47 Å². The van der Waals surface area contributed by atoms with Crippen molar-refractivity contribution in [1.82, 2.24) is 4.90 Å². The van der Waals surface area contributed by atoms with Gasteiger partial charge in [0.15, 0.2) is 0 Å². The Hall–Kier alpha value is -0.120. The van der Waals surface area contributed by atoms with Gasteiger partial charge in [-0.2, -0.15) is 0 Å². The second-order valence-electron chi connectivity index (χ2n) is 9.87. The lowest BCUT2D eigenvalue weighted by Gasteiger charge is -2.45. The van der Waals surface area contributed by atoms with Crippen LogP contribution in [0, 0.1) is 17.3 Å². The molecule has 4 fully saturated rings. The van der Waals surface area contributed by atoms with Crippen LogP contribution in [0.5, 0.6) is 0 Å². The summed E-state index contributed by atoms with van der Waals surface area (Å²) in [7, 11) is 0. The molecule has 0 aromatic rings. The third kappa shape index (κ3) is 5.23. The van der Waals surface area contributed by atoms with E-state index in [0.29, 0.717) is 11.5 Å². The predicted molar refractivity (Wildman–Crippen MR) is 106 cm³/mol. The summed E-state index contributed by atoms with van der Waals surface area (Å²) in [4.78, 5) is 2.57. The van der Waals surface area contributed by atoms with E-state index < -0.39 is 0 Å². The summed E-state index contributed by atoms with van der Waals surface area (Å²) in [6.07, 6.45) is 19.0. The van der Waals surface area contributed by atoms with E-state index in [4.69, 9.17) is 9.47 Å². The van der Waals surface area contributed by atoms with Crippen molar-refractivity contribution in [2.75, 3.05) is 39.5 Å². The van der Waals surface area contributed by atoms with E-state index in [1.807, 2.05) is 0 Å². The molecular formula is C23H41NO2. The van der Waals surface area contributed by atoms with Gasteiger partial charge in [-0.05, 0) is 107 Å². The van der Waals surface area contributed by atoms with Crippen molar-refractivity contribution in [3.63, 3.8) is 0 Å². The minimum Gasteiger partial charge on any atom is -0.381 e. The van der Waals surface area contributed by atoms with Crippen LogP contribution in [-0.4, -0.2) is 50.5 Å². The molecule has 0 unspecified atom stereocenters. The Bertz CT molecular complexity index is 396. The Kier molecular flexibility index (Phi) is 6.93. The smallest absolute Gasteiger partial charge is 0.0597 e. The minimum absolute atomic E-state index is 0.559. The summed E-state index contributed by atoms with van der Waals surface area (Å²) >= 11 is 0. The molecule has 0 aromatic heterocycles. The molecule has 0 N–H and O–H groups in total. The Morgan fingerprint density at radius 2 is 1.54 bits per heavy atom. The number of ether oxygens (including phenoxy) is 2. The highest BCUT2D eigenvalue weighted by Gasteiger charge is 2.38. The zero-order valence-corrected chi connectivity index (χ0v) is 16.9. The van der Waals surface area contributed by atoms with Gasteiger partial charge in [-0.15, -0.1) is 0 Å². The average molecular weight is 364 g/mol. The Balaban J connectivity index is 1.10. The van der Waals surface area contributed by atoms with Gasteiger partial charge in [-0.1, -0.05) is 6.42 Å². The summed E-state index contributed by atoms with van der Waals surface area (Å²) in [5.41, 5.74) is 0.696. The second-order valence-corrected chi connectivity index (χ2v) is 9.87. The highest BCUT2D eigenvalue weighted by molar-refractivity contribution is 4.90. The van der Waals surface area contributed by atoms with Gasteiger partial charge in [0.25, 0.3) is 0 Å². The fourth-order valence-electron chi connectivity index (χ4n) is 6.09. The minimum atomic E-state index is 0.559. The van der Waals surface area contributed by atoms with E-state index in [0.717, 1.165) is 38.2 Å². The SMILES string of the molecule is C1CCN(CCOC2CCC3(CCC(CC[C@H]4CCOC4)CC3)CC2)C1. The van der Waals surface area contributed by atoms with Crippen molar-refractivity contribution in [1.29, 1.82) is 0 Å². The standard InChI is InChI=1S/C23H41NO2/c1-2-15-24(14-1)16-18-26-22-7-12-23(13-8-22)10-5-20(6-11-23)3-4-21-9-17-25-19-21/h20-22H,1-19H2/t20?,21-,22?,23?/m0/s1. The summed E-state index contributed by atoms with van der Waals surface area (Å²) in [5.74, 6) is 1.88. The monoisotopic (exact) mass is 363 g/mol. The van der Waals surface area contributed by atoms with E-state index in [-0.39, 0.29) is 0 Å². The topological polar surface area (TPSA) is 21.7 Å². The Labute approximate surface area is 161 Å². The zero-order valence-electron chi connectivity index (χ0n) is 16.9. The molecule has 26 heavy (non-hydrogen) atoms. The second kappa shape index (κ2) is 9.39. The highest BCUT2D eigenvalue weighted by Crippen LogP contribution is 2.50. The fraction of sp³-hybridized carbons (Fsp3) is 1.00. The molecular weight excluding hydrogens is 322 g/mol. The van der Waals surface area contributed by atoms with E-state index in [9.17, 15) is 0 Å². The van der Waals surface area contributed by atoms with Crippen LogP contribution in [0.25, 0.3) is 0 Å². The Morgan fingerprint density at radius 3 is 2.23 bits per heavy atom. The molecule has 4 aliphatic rings. The molecule has 150 valence electrons.